The van der Waals surface area contributed by atoms with Crippen LogP contribution in [0.1, 0.15) is 31.4 Å². The zero-order chi connectivity index (χ0) is 13.5. The number of amidine groups is 1. The molecule has 1 rings (SSSR count). The Hall–Kier alpha value is -1.55. The van der Waals surface area contributed by atoms with E-state index in [1.165, 1.54) is 12.0 Å². The van der Waals surface area contributed by atoms with Gasteiger partial charge >= 0.3 is 0 Å². The molecule has 3 N–H and O–H groups in total. The first-order valence-electron chi connectivity index (χ1n) is 6.32. The van der Waals surface area contributed by atoms with E-state index in [1.807, 2.05) is 24.3 Å². The van der Waals surface area contributed by atoms with E-state index in [1.54, 1.807) is 0 Å². The molecular weight excluding hydrogens is 226 g/mol. The molecule has 0 radical (unpaired) electrons. The SMILES string of the molecule is CCC(C)CN(C)Cc1ccc(/C(N)=N/O)cc1. The molecule has 0 heterocycles. The van der Waals surface area contributed by atoms with Gasteiger partial charge in [0.1, 0.15) is 0 Å². The minimum atomic E-state index is 0.148. The average molecular weight is 249 g/mol. The van der Waals surface area contributed by atoms with Crippen molar-refractivity contribution in [2.24, 2.45) is 16.8 Å². The quantitative estimate of drug-likeness (QED) is 0.352. The molecule has 4 heteroatoms. The van der Waals surface area contributed by atoms with E-state index in [0.29, 0.717) is 5.92 Å². The van der Waals surface area contributed by atoms with E-state index in [9.17, 15) is 0 Å². The van der Waals surface area contributed by atoms with Crippen LogP contribution in [-0.4, -0.2) is 29.5 Å². The normalized spacial score (nSPS) is 13.9. The third-order valence-corrected chi connectivity index (χ3v) is 3.13. The Labute approximate surface area is 109 Å². The molecule has 0 aliphatic heterocycles. The third-order valence-electron chi connectivity index (χ3n) is 3.13. The number of rotatable bonds is 6. The van der Waals surface area contributed by atoms with Crippen LogP contribution < -0.4 is 5.73 Å². The van der Waals surface area contributed by atoms with Gasteiger partial charge in [0, 0.05) is 18.7 Å². The maximum atomic E-state index is 8.58. The van der Waals surface area contributed by atoms with Gasteiger partial charge in [-0.2, -0.15) is 0 Å². The summed E-state index contributed by atoms with van der Waals surface area (Å²) in [6, 6.07) is 7.78. The van der Waals surface area contributed by atoms with Crippen LogP contribution in [0.2, 0.25) is 0 Å². The second-order valence-electron chi connectivity index (χ2n) is 4.89. The zero-order valence-electron chi connectivity index (χ0n) is 11.4. The van der Waals surface area contributed by atoms with E-state index >= 15 is 0 Å². The van der Waals surface area contributed by atoms with Crippen LogP contribution in [0.25, 0.3) is 0 Å². The molecule has 1 unspecified atom stereocenters. The van der Waals surface area contributed by atoms with E-state index in [2.05, 4.69) is 31.0 Å². The lowest BCUT2D eigenvalue weighted by Gasteiger charge is -2.20. The smallest absolute Gasteiger partial charge is 0.170 e. The minimum Gasteiger partial charge on any atom is -0.409 e. The first kappa shape index (κ1) is 14.5. The number of oxime groups is 1. The Bertz CT molecular complexity index is 387. The number of nitrogens with two attached hydrogens (primary N) is 1. The Morgan fingerprint density at radius 3 is 2.50 bits per heavy atom. The summed E-state index contributed by atoms with van der Waals surface area (Å²) in [5.41, 5.74) is 7.49. The predicted octanol–water partition coefficient (Wildman–Crippen LogP) is 2.26. The fourth-order valence-electron chi connectivity index (χ4n) is 1.88. The highest BCUT2D eigenvalue weighted by atomic mass is 16.4. The fraction of sp³-hybridized carbons (Fsp3) is 0.500. The number of benzene rings is 1. The zero-order valence-corrected chi connectivity index (χ0v) is 11.4. The van der Waals surface area contributed by atoms with Gasteiger partial charge in [-0.25, -0.2) is 0 Å². The molecule has 0 amide bonds. The van der Waals surface area contributed by atoms with Gasteiger partial charge in [-0.05, 0) is 18.5 Å². The van der Waals surface area contributed by atoms with Crippen molar-refractivity contribution in [2.45, 2.75) is 26.8 Å². The number of hydrogen-bond donors (Lipinski definition) is 2. The van der Waals surface area contributed by atoms with Crippen molar-refractivity contribution in [1.29, 1.82) is 0 Å². The van der Waals surface area contributed by atoms with Crippen LogP contribution in [0.15, 0.2) is 29.4 Å². The number of nitrogens with zero attached hydrogens (tertiary/aromatic N) is 2. The van der Waals surface area contributed by atoms with Crippen molar-refractivity contribution in [1.82, 2.24) is 4.90 Å². The second kappa shape index (κ2) is 7.01. The van der Waals surface area contributed by atoms with Crippen LogP contribution >= 0.6 is 0 Å². The molecular formula is C14H23N3O. The molecule has 0 saturated heterocycles. The predicted molar refractivity (Wildman–Crippen MR) is 74.7 cm³/mol. The molecule has 0 spiro atoms. The van der Waals surface area contributed by atoms with Crippen molar-refractivity contribution in [2.75, 3.05) is 13.6 Å². The molecule has 0 aliphatic rings. The van der Waals surface area contributed by atoms with Gasteiger partial charge < -0.3 is 15.8 Å². The van der Waals surface area contributed by atoms with Crippen molar-refractivity contribution in [3.63, 3.8) is 0 Å². The molecule has 18 heavy (non-hydrogen) atoms. The molecule has 100 valence electrons. The van der Waals surface area contributed by atoms with Crippen molar-refractivity contribution >= 4 is 5.84 Å². The summed E-state index contributed by atoms with van der Waals surface area (Å²) in [7, 11) is 2.13. The fourth-order valence-corrected chi connectivity index (χ4v) is 1.88. The van der Waals surface area contributed by atoms with Crippen LogP contribution in [0, 0.1) is 5.92 Å². The van der Waals surface area contributed by atoms with Gasteiger partial charge in [0.2, 0.25) is 0 Å². The topological polar surface area (TPSA) is 61.8 Å². The molecule has 1 aromatic carbocycles. The minimum absolute atomic E-state index is 0.148. The first-order valence-corrected chi connectivity index (χ1v) is 6.32. The van der Waals surface area contributed by atoms with E-state index in [4.69, 9.17) is 10.9 Å². The molecule has 1 aromatic rings. The summed E-state index contributed by atoms with van der Waals surface area (Å²) < 4.78 is 0. The summed E-state index contributed by atoms with van der Waals surface area (Å²) in [4.78, 5) is 2.31. The van der Waals surface area contributed by atoms with E-state index < -0.39 is 0 Å². The summed E-state index contributed by atoms with van der Waals surface area (Å²) in [6.45, 7) is 6.49. The number of hydrogen-bond acceptors (Lipinski definition) is 3. The lowest BCUT2D eigenvalue weighted by atomic mass is 10.1. The first-order chi connectivity index (χ1) is 8.56. The summed E-state index contributed by atoms with van der Waals surface area (Å²) in [5.74, 6) is 0.862. The molecule has 0 aliphatic carbocycles. The van der Waals surface area contributed by atoms with Gasteiger partial charge in [0.25, 0.3) is 0 Å². The van der Waals surface area contributed by atoms with Gasteiger partial charge in [0.05, 0.1) is 0 Å². The van der Waals surface area contributed by atoms with E-state index in [0.717, 1.165) is 18.7 Å². The maximum absolute atomic E-state index is 8.58. The van der Waals surface area contributed by atoms with Crippen LogP contribution in [0.3, 0.4) is 0 Å². The largest absolute Gasteiger partial charge is 0.409 e. The van der Waals surface area contributed by atoms with Gasteiger partial charge in [-0.15, -0.1) is 0 Å². The standard InChI is InChI=1S/C14H23N3O/c1-4-11(2)9-17(3)10-12-5-7-13(8-6-12)14(15)16-18/h5-8,11,18H,4,9-10H2,1-3H3,(H2,15,16). The van der Waals surface area contributed by atoms with Crippen LogP contribution in [0.5, 0.6) is 0 Å². The second-order valence-corrected chi connectivity index (χ2v) is 4.89. The Morgan fingerprint density at radius 2 is 2.00 bits per heavy atom. The highest BCUT2D eigenvalue weighted by molar-refractivity contribution is 5.96. The molecule has 0 saturated carbocycles. The summed E-state index contributed by atoms with van der Waals surface area (Å²) >= 11 is 0. The maximum Gasteiger partial charge on any atom is 0.170 e. The summed E-state index contributed by atoms with van der Waals surface area (Å²) in [6.07, 6.45) is 1.20. The highest BCUT2D eigenvalue weighted by Crippen LogP contribution is 2.09. The van der Waals surface area contributed by atoms with Crippen LogP contribution in [0.4, 0.5) is 0 Å². The Balaban J connectivity index is 2.58. The van der Waals surface area contributed by atoms with E-state index in [-0.39, 0.29) is 5.84 Å². The average Bonchev–Trinajstić information content (AvgIpc) is 2.38. The van der Waals surface area contributed by atoms with Crippen molar-refractivity contribution in [3.8, 4) is 0 Å². The highest BCUT2D eigenvalue weighted by Gasteiger charge is 2.05. The van der Waals surface area contributed by atoms with Gasteiger partial charge in [-0.3, -0.25) is 0 Å². The molecule has 4 nitrogen and oxygen atoms in total. The Morgan fingerprint density at radius 1 is 1.39 bits per heavy atom. The lowest BCUT2D eigenvalue weighted by molar-refractivity contribution is 0.275. The van der Waals surface area contributed by atoms with Crippen molar-refractivity contribution < 1.29 is 5.21 Å². The third kappa shape index (κ3) is 4.37. The van der Waals surface area contributed by atoms with Crippen LogP contribution in [-0.2, 0) is 6.54 Å². The molecule has 0 aromatic heterocycles. The molecule has 1 atom stereocenters. The lowest BCUT2D eigenvalue weighted by Crippen LogP contribution is -2.23. The van der Waals surface area contributed by atoms with Crippen molar-refractivity contribution in [3.05, 3.63) is 35.4 Å². The monoisotopic (exact) mass is 249 g/mol. The Kier molecular flexibility index (Phi) is 5.65. The summed E-state index contributed by atoms with van der Waals surface area (Å²) in [5, 5.41) is 11.6. The molecule has 0 fully saturated rings. The van der Waals surface area contributed by atoms with Gasteiger partial charge in [0.15, 0.2) is 5.84 Å². The van der Waals surface area contributed by atoms with Gasteiger partial charge in [-0.1, -0.05) is 49.7 Å². The molecule has 0 bridgehead atoms.